The second kappa shape index (κ2) is 4.78. The number of carbonyl (C=O) groups excluding carboxylic acids is 1. The van der Waals surface area contributed by atoms with E-state index in [9.17, 15) is 9.59 Å². The number of nitrogens with one attached hydrogen (secondary N) is 1. The van der Waals surface area contributed by atoms with Crippen LogP contribution in [0.1, 0.15) is 39.5 Å². The number of carboxylic acid groups (broad SMARTS) is 1. The van der Waals surface area contributed by atoms with E-state index in [1.165, 1.54) is 0 Å². The van der Waals surface area contributed by atoms with Crippen LogP contribution in [0.25, 0.3) is 0 Å². The maximum absolute atomic E-state index is 12.1. The third-order valence-electron chi connectivity index (χ3n) is 4.52. The highest BCUT2D eigenvalue weighted by molar-refractivity contribution is 5.80. The van der Waals surface area contributed by atoms with E-state index in [1.54, 1.807) is 0 Å². The molecule has 1 saturated heterocycles. The van der Waals surface area contributed by atoms with Gasteiger partial charge < -0.3 is 15.3 Å². The van der Waals surface area contributed by atoms with Gasteiger partial charge in [-0.25, -0.2) is 4.79 Å². The molecule has 18 heavy (non-hydrogen) atoms. The number of piperidine rings is 1. The summed E-state index contributed by atoms with van der Waals surface area (Å²) in [6.45, 7) is 5.26. The van der Waals surface area contributed by atoms with Crippen molar-refractivity contribution < 1.29 is 14.7 Å². The molecule has 2 aliphatic rings. The van der Waals surface area contributed by atoms with Gasteiger partial charge in [-0.15, -0.1) is 0 Å². The SMILES string of the molecule is CC1CCCN(C(=O)NCC2(C(=O)O)CC2)C1C. The molecule has 0 aromatic heterocycles. The average molecular weight is 254 g/mol. The van der Waals surface area contributed by atoms with Crippen LogP contribution in [0.2, 0.25) is 0 Å². The fourth-order valence-electron chi connectivity index (χ4n) is 2.59. The normalized spacial score (nSPS) is 29.8. The minimum absolute atomic E-state index is 0.110. The van der Waals surface area contributed by atoms with Gasteiger partial charge in [0.25, 0.3) is 0 Å². The molecule has 1 aliphatic carbocycles. The Morgan fingerprint density at radius 1 is 1.39 bits per heavy atom. The van der Waals surface area contributed by atoms with Crippen molar-refractivity contribution in [2.24, 2.45) is 11.3 Å². The molecule has 2 fully saturated rings. The van der Waals surface area contributed by atoms with Crippen molar-refractivity contribution in [3.63, 3.8) is 0 Å². The lowest BCUT2D eigenvalue weighted by Gasteiger charge is -2.38. The summed E-state index contributed by atoms with van der Waals surface area (Å²) >= 11 is 0. The second-order valence-electron chi connectivity index (χ2n) is 5.80. The van der Waals surface area contributed by atoms with Crippen LogP contribution in [-0.2, 0) is 4.79 Å². The Hall–Kier alpha value is -1.26. The van der Waals surface area contributed by atoms with Gasteiger partial charge in [0.05, 0.1) is 5.41 Å². The fourth-order valence-corrected chi connectivity index (χ4v) is 2.59. The highest BCUT2D eigenvalue weighted by Gasteiger charge is 2.50. The molecule has 2 unspecified atom stereocenters. The minimum Gasteiger partial charge on any atom is -0.481 e. The van der Waals surface area contributed by atoms with Gasteiger partial charge in [0.15, 0.2) is 0 Å². The molecule has 5 nitrogen and oxygen atoms in total. The highest BCUT2D eigenvalue weighted by atomic mass is 16.4. The third-order valence-corrected chi connectivity index (χ3v) is 4.52. The van der Waals surface area contributed by atoms with Crippen LogP contribution >= 0.6 is 0 Å². The van der Waals surface area contributed by atoms with Crippen molar-refractivity contribution in [3.05, 3.63) is 0 Å². The molecule has 1 aliphatic heterocycles. The van der Waals surface area contributed by atoms with Gasteiger partial charge in [-0.1, -0.05) is 6.92 Å². The molecule has 1 saturated carbocycles. The van der Waals surface area contributed by atoms with Gasteiger partial charge >= 0.3 is 12.0 Å². The van der Waals surface area contributed by atoms with Crippen molar-refractivity contribution >= 4 is 12.0 Å². The highest BCUT2D eigenvalue weighted by Crippen LogP contribution is 2.45. The zero-order valence-electron chi connectivity index (χ0n) is 11.1. The molecule has 102 valence electrons. The zero-order chi connectivity index (χ0) is 13.3. The molecule has 5 heteroatoms. The zero-order valence-corrected chi connectivity index (χ0v) is 11.1. The topological polar surface area (TPSA) is 69.6 Å². The Morgan fingerprint density at radius 2 is 2.06 bits per heavy atom. The van der Waals surface area contributed by atoms with E-state index < -0.39 is 11.4 Å². The first kappa shape index (κ1) is 13.2. The van der Waals surface area contributed by atoms with E-state index in [0.29, 0.717) is 18.8 Å². The van der Waals surface area contributed by atoms with Crippen molar-refractivity contribution in [1.82, 2.24) is 10.2 Å². The Morgan fingerprint density at radius 3 is 2.61 bits per heavy atom. The van der Waals surface area contributed by atoms with Gasteiger partial charge in [0.2, 0.25) is 0 Å². The summed E-state index contributed by atoms with van der Waals surface area (Å²) in [4.78, 5) is 24.9. The summed E-state index contributed by atoms with van der Waals surface area (Å²) in [5, 5.41) is 11.8. The van der Waals surface area contributed by atoms with Crippen LogP contribution in [0.15, 0.2) is 0 Å². The molecule has 0 aromatic carbocycles. The van der Waals surface area contributed by atoms with Crippen molar-refractivity contribution in [2.75, 3.05) is 13.1 Å². The first-order valence-electron chi connectivity index (χ1n) is 6.74. The molecular formula is C13H22N2O3. The predicted molar refractivity (Wildman–Crippen MR) is 67.3 cm³/mol. The number of nitrogens with zero attached hydrogens (tertiary/aromatic N) is 1. The summed E-state index contributed by atoms with van der Waals surface area (Å²) in [6.07, 6.45) is 3.54. The second-order valence-corrected chi connectivity index (χ2v) is 5.80. The Balaban J connectivity index is 1.86. The molecule has 1 heterocycles. The lowest BCUT2D eigenvalue weighted by molar-refractivity contribution is -0.143. The molecule has 0 spiro atoms. The molecule has 0 aromatic rings. The number of carbonyl (C=O) groups is 2. The van der Waals surface area contributed by atoms with E-state index in [-0.39, 0.29) is 18.6 Å². The van der Waals surface area contributed by atoms with E-state index in [2.05, 4.69) is 19.2 Å². The Labute approximate surface area is 108 Å². The first-order valence-corrected chi connectivity index (χ1v) is 6.74. The number of amides is 2. The van der Waals surface area contributed by atoms with Crippen LogP contribution in [0, 0.1) is 11.3 Å². The smallest absolute Gasteiger partial charge is 0.317 e. The largest absolute Gasteiger partial charge is 0.481 e. The van der Waals surface area contributed by atoms with E-state index >= 15 is 0 Å². The molecule has 0 bridgehead atoms. The number of hydrogen-bond donors (Lipinski definition) is 2. The average Bonchev–Trinajstić information content (AvgIpc) is 3.11. The maximum Gasteiger partial charge on any atom is 0.317 e. The summed E-state index contributed by atoms with van der Waals surface area (Å²) in [7, 11) is 0. The van der Waals surface area contributed by atoms with Crippen LogP contribution in [0.5, 0.6) is 0 Å². The predicted octanol–water partition coefficient (Wildman–Crippen LogP) is 1.68. The van der Waals surface area contributed by atoms with Crippen LogP contribution in [-0.4, -0.2) is 41.1 Å². The van der Waals surface area contributed by atoms with E-state index in [1.807, 2.05) is 4.90 Å². The Kier molecular flexibility index (Phi) is 3.50. The summed E-state index contributed by atoms with van der Waals surface area (Å²) in [5.41, 5.74) is -0.680. The molecular weight excluding hydrogens is 232 g/mol. The molecule has 0 radical (unpaired) electrons. The van der Waals surface area contributed by atoms with Crippen LogP contribution in [0.4, 0.5) is 4.79 Å². The van der Waals surface area contributed by atoms with Gasteiger partial charge in [0.1, 0.15) is 0 Å². The number of rotatable bonds is 3. The summed E-state index contributed by atoms with van der Waals surface area (Å²) < 4.78 is 0. The number of hydrogen-bond acceptors (Lipinski definition) is 2. The van der Waals surface area contributed by atoms with Crippen LogP contribution in [0.3, 0.4) is 0 Å². The standard InChI is InChI=1S/C13H22N2O3/c1-9-4-3-7-15(10(9)2)12(18)14-8-13(5-6-13)11(16)17/h9-10H,3-8H2,1-2H3,(H,14,18)(H,16,17). The van der Waals surface area contributed by atoms with Crippen molar-refractivity contribution in [1.29, 1.82) is 0 Å². The number of likely N-dealkylation sites (tertiary alicyclic amines) is 1. The maximum atomic E-state index is 12.1. The lowest BCUT2D eigenvalue weighted by atomic mass is 9.92. The van der Waals surface area contributed by atoms with Gasteiger partial charge in [-0.05, 0) is 38.5 Å². The summed E-state index contributed by atoms with van der Waals surface area (Å²) in [5.74, 6) is -0.276. The number of urea groups is 1. The van der Waals surface area contributed by atoms with Gasteiger partial charge in [-0.3, -0.25) is 4.79 Å². The van der Waals surface area contributed by atoms with Crippen molar-refractivity contribution in [3.8, 4) is 0 Å². The molecule has 2 atom stereocenters. The lowest BCUT2D eigenvalue weighted by Crippen LogP contribution is -2.51. The van der Waals surface area contributed by atoms with Crippen molar-refractivity contribution in [2.45, 2.75) is 45.6 Å². The molecule has 2 rings (SSSR count). The quantitative estimate of drug-likeness (QED) is 0.805. The van der Waals surface area contributed by atoms with Crippen LogP contribution < -0.4 is 5.32 Å². The monoisotopic (exact) mass is 254 g/mol. The van der Waals surface area contributed by atoms with Gasteiger partial charge in [0, 0.05) is 19.1 Å². The fraction of sp³-hybridized carbons (Fsp3) is 0.846. The third kappa shape index (κ3) is 2.44. The Bertz CT molecular complexity index is 352. The minimum atomic E-state index is -0.789. The van der Waals surface area contributed by atoms with E-state index in [0.717, 1.165) is 19.4 Å². The van der Waals surface area contributed by atoms with E-state index in [4.69, 9.17) is 5.11 Å². The molecule has 2 N–H and O–H groups in total. The summed E-state index contributed by atoms with van der Waals surface area (Å²) in [6, 6.07) is 0.125. The number of carboxylic acids is 1. The van der Waals surface area contributed by atoms with Gasteiger partial charge in [-0.2, -0.15) is 0 Å². The first-order chi connectivity index (χ1) is 8.46. The number of aliphatic carboxylic acids is 1. The molecule has 2 amide bonds.